The van der Waals surface area contributed by atoms with Gasteiger partial charge in [0.05, 0.1) is 48.3 Å². The third-order valence-corrected chi connectivity index (χ3v) is 6.53. The first-order valence-electron chi connectivity index (χ1n) is 13.0. The minimum absolute atomic E-state index is 0.100. The Morgan fingerprint density at radius 2 is 1.56 bits per heavy atom. The van der Waals surface area contributed by atoms with E-state index >= 15 is 0 Å². The molecule has 2 aromatic carbocycles. The Morgan fingerprint density at radius 3 is 2.10 bits per heavy atom. The Balaban J connectivity index is 2.33. The number of hydrogen-bond acceptors (Lipinski definition) is 7. The fourth-order valence-corrected chi connectivity index (χ4v) is 4.88. The number of carbonyl (C=O) groups is 3. The molecule has 1 aromatic heterocycles. The van der Waals surface area contributed by atoms with Gasteiger partial charge in [0.2, 0.25) is 0 Å². The predicted octanol–water partition coefficient (Wildman–Crippen LogP) is 6.53. The van der Waals surface area contributed by atoms with Crippen LogP contribution in [0.15, 0.2) is 53.0 Å². The van der Waals surface area contributed by atoms with Gasteiger partial charge < -0.3 is 23.5 Å². The van der Waals surface area contributed by atoms with E-state index in [9.17, 15) is 18.8 Å². The van der Waals surface area contributed by atoms with Crippen molar-refractivity contribution in [3.63, 3.8) is 0 Å². The number of nitrogens with zero attached hydrogens (tertiary/aromatic N) is 2. The van der Waals surface area contributed by atoms with Crippen molar-refractivity contribution in [3.8, 4) is 22.7 Å². The van der Waals surface area contributed by atoms with Crippen LogP contribution in [0.5, 0.6) is 5.75 Å². The van der Waals surface area contributed by atoms with Gasteiger partial charge in [0.1, 0.15) is 23.7 Å². The Kier molecular flexibility index (Phi) is 10.6. The van der Waals surface area contributed by atoms with E-state index in [1.165, 1.54) is 17.0 Å². The molecule has 41 heavy (non-hydrogen) atoms. The van der Waals surface area contributed by atoms with Crippen molar-refractivity contribution in [2.75, 3.05) is 26.9 Å². The molecule has 0 fully saturated rings. The van der Waals surface area contributed by atoms with Gasteiger partial charge in [-0.05, 0) is 105 Å². The van der Waals surface area contributed by atoms with Crippen molar-refractivity contribution in [1.29, 1.82) is 0 Å². The molecule has 3 aromatic rings. The summed E-state index contributed by atoms with van der Waals surface area (Å²) in [6.45, 7) is 8.04. The fraction of sp³-hybridized carbons (Fsp3) is 0.367. The average Bonchev–Trinajstić information content (AvgIpc) is 3.19. The van der Waals surface area contributed by atoms with Crippen molar-refractivity contribution in [2.45, 2.75) is 46.8 Å². The molecule has 0 bridgehead atoms. The summed E-state index contributed by atoms with van der Waals surface area (Å²) in [7, 11) is 1.55. The number of rotatable bonds is 10. The largest absolute Gasteiger partial charge is 0.497 e. The Morgan fingerprint density at radius 1 is 0.951 bits per heavy atom. The van der Waals surface area contributed by atoms with Crippen molar-refractivity contribution in [3.05, 3.63) is 70.1 Å². The highest BCUT2D eigenvalue weighted by Crippen LogP contribution is 2.40. The van der Waals surface area contributed by atoms with Crippen LogP contribution in [0.4, 0.5) is 9.18 Å². The van der Waals surface area contributed by atoms with Gasteiger partial charge in [-0.1, -0.05) is 0 Å². The summed E-state index contributed by atoms with van der Waals surface area (Å²) >= 11 is 3.59. The first-order valence-corrected chi connectivity index (χ1v) is 13.8. The van der Waals surface area contributed by atoms with Gasteiger partial charge in [0.25, 0.3) is 0 Å². The number of halogens is 2. The summed E-state index contributed by atoms with van der Waals surface area (Å²) in [5, 5.41) is 0. The van der Waals surface area contributed by atoms with E-state index in [2.05, 4.69) is 15.9 Å². The number of esters is 2. The fourth-order valence-electron chi connectivity index (χ4n) is 4.08. The Bertz CT molecular complexity index is 1380. The second-order valence-corrected chi connectivity index (χ2v) is 10.7. The van der Waals surface area contributed by atoms with Crippen LogP contribution >= 0.6 is 15.9 Å². The molecule has 0 radical (unpaired) electrons. The molecular formula is C30H34BrFN2O7. The van der Waals surface area contributed by atoms with Crippen LogP contribution in [-0.2, 0) is 25.5 Å². The molecule has 11 heteroatoms. The molecule has 0 aliphatic heterocycles. The monoisotopic (exact) mass is 632 g/mol. The molecule has 0 aliphatic carbocycles. The molecule has 220 valence electrons. The van der Waals surface area contributed by atoms with Crippen molar-refractivity contribution >= 4 is 34.0 Å². The first-order chi connectivity index (χ1) is 19.4. The lowest BCUT2D eigenvalue weighted by Gasteiger charge is -2.27. The molecule has 3 rings (SSSR count). The summed E-state index contributed by atoms with van der Waals surface area (Å²) in [5.41, 5.74) is 1.31. The van der Waals surface area contributed by atoms with Crippen LogP contribution < -0.4 is 4.74 Å². The molecule has 0 saturated carbocycles. The van der Waals surface area contributed by atoms with Gasteiger partial charge in [0, 0.05) is 5.69 Å². The van der Waals surface area contributed by atoms with E-state index in [-0.39, 0.29) is 25.3 Å². The molecular weight excluding hydrogens is 599 g/mol. The summed E-state index contributed by atoms with van der Waals surface area (Å²) < 4.78 is 37.4. The third kappa shape index (κ3) is 7.87. The van der Waals surface area contributed by atoms with Gasteiger partial charge in [-0.3, -0.25) is 9.69 Å². The van der Waals surface area contributed by atoms with E-state index in [4.69, 9.17) is 18.9 Å². The van der Waals surface area contributed by atoms with Crippen LogP contribution in [0.25, 0.3) is 16.9 Å². The SMILES string of the molecule is CCOC(=O)CN(Cc1c(C(=O)OCC)c(Br)c(-c2ccc(F)cc2)n1-c1ccc(OC)cc1)C(=O)OC(C)(C)C. The van der Waals surface area contributed by atoms with E-state index in [0.29, 0.717) is 32.9 Å². The zero-order chi connectivity index (χ0) is 30.3. The van der Waals surface area contributed by atoms with Crippen LogP contribution in [0.3, 0.4) is 0 Å². The lowest BCUT2D eigenvalue weighted by atomic mass is 10.1. The van der Waals surface area contributed by atoms with Crippen LogP contribution in [0, 0.1) is 5.82 Å². The van der Waals surface area contributed by atoms with Crippen LogP contribution in [0.1, 0.15) is 50.7 Å². The van der Waals surface area contributed by atoms with Crippen molar-refractivity contribution < 1.29 is 37.7 Å². The number of aromatic nitrogens is 1. The second kappa shape index (κ2) is 13.7. The highest BCUT2D eigenvalue weighted by molar-refractivity contribution is 9.10. The molecule has 0 N–H and O–H groups in total. The average molecular weight is 634 g/mol. The summed E-state index contributed by atoms with van der Waals surface area (Å²) in [4.78, 5) is 40.5. The zero-order valence-corrected chi connectivity index (χ0v) is 25.5. The molecule has 1 heterocycles. The van der Waals surface area contributed by atoms with Crippen LogP contribution in [-0.4, -0.2) is 60.0 Å². The highest BCUT2D eigenvalue weighted by Gasteiger charge is 2.33. The van der Waals surface area contributed by atoms with Crippen molar-refractivity contribution in [2.24, 2.45) is 0 Å². The minimum Gasteiger partial charge on any atom is -0.497 e. The van der Waals surface area contributed by atoms with E-state index in [1.807, 2.05) is 0 Å². The maximum atomic E-state index is 13.9. The molecule has 0 atom stereocenters. The molecule has 0 saturated heterocycles. The van der Waals surface area contributed by atoms with E-state index < -0.39 is 36.0 Å². The summed E-state index contributed by atoms with van der Waals surface area (Å²) in [6, 6.07) is 12.8. The van der Waals surface area contributed by atoms with Gasteiger partial charge >= 0.3 is 18.0 Å². The number of ether oxygens (including phenoxy) is 4. The number of carbonyl (C=O) groups excluding carboxylic acids is 3. The number of amides is 1. The molecule has 0 spiro atoms. The van der Waals surface area contributed by atoms with Gasteiger partial charge in [-0.15, -0.1) is 0 Å². The number of benzene rings is 2. The zero-order valence-electron chi connectivity index (χ0n) is 24.0. The third-order valence-electron chi connectivity index (χ3n) is 5.75. The first kappa shape index (κ1) is 31.7. The quantitative estimate of drug-likeness (QED) is 0.185. The topological polar surface area (TPSA) is 96.3 Å². The van der Waals surface area contributed by atoms with E-state index in [0.717, 1.165) is 0 Å². The molecule has 0 aliphatic rings. The summed E-state index contributed by atoms with van der Waals surface area (Å²) in [6.07, 6.45) is -0.776. The molecule has 0 unspecified atom stereocenters. The van der Waals surface area contributed by atoms with Gasteiger partial charge in [-0.25, -0.2) is 14.0 Å². The highest BCUT2D eigenvalue weighted by atomic mass is 79.9. The smallest absolute Gasteiger partial charge is 0.411 e. The van der Waals surface area contributed by atoms with E-state index in [1.54, 1.807) is 82.7 Å². The maximum absolute atomic E-state index is 13.9. The van der Waals surface area contributed by atoms with Crippen molar-refractivity contribution in [1.82, 2.24) is 9.47 Å². The Hall–Kier alpha value is -3.86. The predicted molar refractivity (Wildman–Crippen MR) is 155 cm³/mol. The Labute approximate surface area is 247 Å². The number of methoxy groups -OCH3 is 1. The summed E-state index contributed by atoms with van der Waals surface area (Å²) in [5.74, 6) is -1.11. The normalized spacial score (nSPS) is 11.1. The van der Waals surface area contributed by atoms with Gasteiger partial charge in [-0.2, -0.15) is 0 Å². The minimum atomic E-state index is -0.855. The van der Waals surface area contributed by atoms with Gasteiger partial charge in [0.15, 0.2) is 0 Å². The molecule has 9 nitrogen and oxygen atoms in total. The molecule has 1 amide bonds. The lowest BCUT2D eigenvalue weighted by Crippen LogP contribution is -2.40. The maximum Gasteiger partial charge on any atom is 0.411 e. The lowest BCUT2D eigenvalue weighted by molar-refractivity contribution is -0.144. The number of hydrogen-bond donors (Lipinski definition) is 0. The van der Waals surface area contributed by atoms with Crippen LogP contribution in [0.2, 0.25) is 0 Å². The second-order valence-electron chi connectivity index (χ2n) is 9.89. The standard InChI is InChI=1S/C30H34BrFN2O7/c1-7-39-24(35)18-33(29(37)41-30(3,4)5)17-23-25(28(36)40-8-2)26(31)27(19-9-11-20(32)12-10-19)34(23)21-13-15-22(38-6)16-14-21/h9-16H,7-8,17-18H2,1-6H3.